The molecule has 0 radical (unpaired) electrons. The normalized spacial score (nSPS) is 18.0. The van der Waals surface area contributed by atoms with E-state index in [2.05, 4.69) is 15.3 Å². The van der Waals surface area contributed by atoms with Crippen molar-refractivity contribution in [1.29, 1.82) is 0 Å². The quantitative estimate of drug-likeness (QED) is 0.854. The molecule has 0 aromatic carbocycles. The van der Waals surface area contributed by atoms with E-state index < -0.39 is 5.82 Å². The standard InChI is InChI=1S/C15H18FN5O2/c1-2-21-13(9-18-19-21)15(22)20-8-4-5-11(10-20)23-14-12(16)6-3-7-17-14/h3,6-7,9,11H,2,4-5,8,10H2,1H3. The molecule has 2 aromatic heterocycles. The average Bonchev–Trinajstić information content (AvgIpc) is 3.05. The molecule has 1 amide bonds. The zero-order valence-electron chi connectivity index (χ0n) is 12.9. The van der Waals surface area contributed by atoms with Gasteiger partial charge in [0.05, 0.1) is 12.7 Å². The first-order valence-electron chi connectivity index (χ1n) is 7.64. The van der Waals surface area contributed by atoms with Crippen LogP contribution in [-0.4, -0.2) is 50.0 Å². The second-order valence-electron chi connectivity index (χ2n) is 5.36. The van der Waals surface area contributed by atoms with E-state index in [0.29, 0.717) is 25.3 Å². The van der Waals surface area contributed by atoms with Gasteiger partial charge in [-0.2, -0.15) is 0 Å². The highest BCUT2D eigenvalue weighted by Gasteiger charge is 2.28. The number of aryl methyl sites for hydroxylation is 1. The molecule has 8 heteroatoms. The second kappa shape index (κ2) is 6.72. The lowest BCUT2D eigenvalue weighted by molar-refractivity contribution is 0.0507. The lowest BCUT2D eigenvalue weighted by atomic mass is 10.1. The Morgan fingerprint density at radius 3 is 3.17 bits per heavy atom. The van der Waals surface area contributed by atoms with Crippen LogP contribution < -0.4 is 4.74 Å². The number of rotatable bonds is 4. The molecular formula is C15H18FN5O2. The van der Waals surface area contributed by atoms with Crippen LogP contribution in [0.25, 0.3) is 0 Å². The monoisotopic (exact) mass is 319 g/mol. The molecule has 3 heterocycles. The number of carbonyl (C=O) groups is 1. The first-order chi connectivity index (χ1) is 11.2. The molecule has 2 aromatic rings. The molecule has 0 spiro atoms. The van der Waals surface area contributed by atoms with Gasteiger partial charge in [-0.05, 0) is 31.9 Å². The highest BCUT2D eigenvalue weighted by molar-refractivity contribution is 5.92. The van der Waals surface area contributed by atoms with E-state index >= 15 is 0 Å². The van der Waals surface area contributed by atoms with Crippen LogP contribution in [0, 0.1) is 5.82 Å². The summed E-state index contributed by atoms with van der Waals surface area (Å²) in [5.74, 6) is -0.650. The van der Waals surface area contributed by atoms with Gasteiger partial charge >= 0.3 is 0 Å². The van der Waals surface area contributed by atoms with Gasteiger partial charge in [0.2, 0.25) is 0 Å². The van der Waals surface area contributed by atoms with Gasteiger partial charge in [-0.3, -0.25) is 4.79 Å². The van der Waals surface area contributed by atoms with E-state index in [1.807, 2.05) is 6.92 Å². The number of aromatic nitrogens is 4. The Balaban J connectivity index is 1.69. The van der Waals surface area contributed by atoms with Crippen LogP contribution in [0.1, 0.15) is 30.3 Å². The van der Waals surface area contributed by atoms with Crippen molar-refractivity contribution in [2.45, 2.75) is 32.4 Å². The molecule has 1 fully saturated rings. The van der Waals surface area contributed by atoms with E-state index in [1.165, 1.54) is 24.5 Å². The summed E-state index contributed by atoms with van der Waals surface area (Å²) >= 11 is 0. The lowest BCUT2D eigenvalue weighted by Crippen LogP contribution is -2.45. The lowest BCUT2D eigenvalue weighted by Gasteiger charge is -2.32. The predicted octanol–water partition coefficient (Wildman–Crippen LogP) is 1.52. The molecular weight excluding hydrogens is 301 g/mol. The van der Waals surface area contributed by atoms with Crippen LogP contribution in [-0.2, 0) is 6.54 Å². The maximum Gasteiger partial charge on any atom is 0.273 e. The SMILES string of the molecule is CCn1nncc1C(=O)N1CCCC(Oc2ncccc2F)C1. The molecule has 1 atom stereocenters. The van der Waals surface area contributed by atoms with Gasteiger partial charge in [0, 0.05) is 19.3 Å². The summed E-state index contributed by atoms with van der Waals surface area (Å²) in [5, 5.41) is 7.66. The van der Waals surface area contributed by atoms with Gasteiger partial charge in [0.1, 0.15) is 11.8 Å². The van der Waals surface area contributed by atoms with E-state index in [1.54, 1.807) is 9.58 Å². The zero-order valence-corrected chi connectivity index (χ0v) is 12.9. The van der Waals surface area contributed by atoms with E-state index in [0.717, 1.165) is 12.8 Å². The minimum absolute atomic E-state index is 0.0212. The molecule has 1 aliphatic heterocycles. The minimum Gasteiger partial charge on any atom is -0.470 e. The number of pyridine rings is 1. The van der Waals surface area contributed by atoms with Crippen molar-refractivity contribution in [1.82, 2.24) is 24.9 Å². The molecule has 122 valence electrons. The molecule has 7 nitrogen and oxygen atoms in total. The molecule has 1 aliphatic rings. The number of likely N-dealkylation sites (tertiary alicyclic amines) is 1. The van der Waals surface area contributed by atoms with E-state index in [4.69, 9.17) is 4.74 Å². The molecule has 23 heavy (non-hydrogen) atoms. The zero-order chi connectivity index (χ0) is 16.2. The predicted molar refractivity (Wildman–Crippen MR) is 79.4 cm³/mol. The Hall–Kier alpha value is -2.51. The number of carbonyl (C=O) groups excluding carboxylic acids is 1. The van der Waals surface area contributed by atoms with Gasteiger partial charge in [-0.1, -0.05) is 5.21 Å². The van der Waals surface area contributed by atoms with Crippen molar-refractivity contribution in [3.8, 4) is 5.88 Å². The first kappa shape index (κ1) is 15.4. The highest BCUT2D eigenvalue weighted by Crippen LogP contribution is 2.20. The largest absolute Gasteiger partial charge is 0.470 e. The molecule has 0 N–H and O–H groups in total. The summed E-state index contributed by atoms with van der Waals surface area (Å²) in [6, 6.07) is 2.82. The number of hydrogen-bond acceptors (Lipinski definition) is 5. The first-order valence-corrected chi connectivity index (χ1v) is 7.64. The Morgan fingerprint density at radius 1 is 1.52 bits per heavy atom. The van der Waals surface area contributed by atoms with Crippen molar-refractivity contribution in [3.05, 3.63) is 36.0 Å². The number of amides is 1. The van der Waals surface area contributed by atoms with E-state index in [-0.39, 0.29) is 17.9 Å². The summed E-state index contributed by atoms with van der Waals surface area (Å²) in [6.45, 7) is 3.51. The van der Waals surface area contributed by atoms with Crippen LogP contribution in [0.2, 0.25) is 0 Å². The molecule has 3 rings (SSSR count). The summed E-state index contributed by atoms with van der Waals surface area (Å²) in [5.41, 5.74) is 0.456. The van der Waals surface area contributed by atoms with Gasteiger partial charge in [0.15, 0.2) is 5.82 Å². The molecule has 1 unspecified atom stereocenters. The van der Waals surface area contributed by atoms with Crippen LogP contribution >= 0.6 is 0 Å². The molecule has 1 saturated heterocycles. The second-order valence-corrected chi connectivity index (χ2v) is 5.36. The molecule has 0 bridgehead atoms. The summed E-state index contributed by atoms with van der Waals surface area (Å²) in [6.07, 6.45) is 4.22. The topological polar surface area (TPSA) is 73.1 Å². The Labute approximate surface area is 133 Å². The average molecular weight is 319 g/mol. The fourth-order valence-electron chi connectivity index (χ4n) is 2.65. The third-order valence-electron chi connectivity index (χ3n) is 3.80. The highest BCUT2D eigenvalue weighted by atomic mass is 19.1. The number of ether oxygens (including phenoxy) is 1. The summed E-state index contributed by atoms with van der Waals surface area (Å²) in [4.78, 5) is 18.2. The summed E-state index contributed by atoms with van der Waals surface area (Å²) in [7, 11) is 0. The van der Waals surface area contributed by atoms with Crippen molar-refractivity contribution < 1.29 is 13.9 Å². The third kappa shape index (κ3) is 3.30. The number of nitrogens with zero attached hydrogens (tertiary/aromatic N) is 5. The van der Waals surface area contributed by atoms with Crippen molar-refractivity contribution >= 4 is 5.91 Å². The van der Waals surface area contributed by atoms with Crippen molar-refractivity contribution in [2.24, 2.45) is 0 Å². The van der Waals surface area contributed by atoms with Gasteiger partial charge in [-0.25, -0.2) is 14.1 Å². The van der Waals surface area contributed by atoms with Crippen LogP contribution in [0.3, 0.4) is 0 Å². The van der Waals surface area contributed by atoms with Gasteiger partial charge < -0.3 is 9.64 Å². The van der Waals surface area contributed by atoms with Gasteiger partial charge in [-0.15, -0.1) is 5.10 Å². The number of hydrogen-bond donors (Lipinski definition) is 0. The molecule has 0 saturated carbocycles. The fourth-order valence-corrected chi connectivity index (χ4v) is 2.65. The van der Waals surface area contributed by atoms with Crippen LogP contribution in [0.4, 0.5) is 4.39 Å². The van der Waals surface area contributed by atoms with Crippen molar-refractivity contribution in [3.63, 3.8) is 0 Å². The Bertz CT molecular complexity index is 690. The Kier molecular flexibility index (Phi) is 4.50. The summed E-state index contributed by atoms with van der Waals surface area (Å²) < 4.78 is 20.8. The van der Waals surface area contributed by atoms with E-state index in [9.17, 15) is 9.18 Å². The maximum atomic E-state index is 13.6. The molecule has 0 aliphatic carbocycles. The minimum atomic E-state index is -0.496. The van der Waals surface area contributed by atoms with Crippen LogP contribution in [0.15, 0.2) is 24.5 Å². The third-order valence-corrected chi connectivity index (χ3v) is 3.80. The Morgan fingerprint density at radius 2 is 2.39 bits per heavy atom. The smallest absolute Gasteiger partial charge is 0.273 e. The maximum absolute atomic E-state index is 13.6. The number of halogens is 1. The van der Waals surface area contributed by atoms with Crippen LogP contribution in [0.5, 0.6) is 5.88 Å². The van der Waals surface area contributed by atoms with Gasteiger partial charge in [0.25, 0.3) is 11.8 Å². The fraction of sp³-hybridized carbons (Fsp3) is 0.467. The van der Waals surface area contributed by atoms with Crippen molar-refractivity contribution in [2.75, 3.05) is 13.1 Å². The number of piperidine rings is 1.